The first-order valence-corrected chi connectivity index (χ1v) is 9.41. The highest BCUT2D eigenvalue weighted by atomic mass is 16.5. The van der Waals surface area contributed by atoms with E-state index in [1.54, 1.807) is 0 Å². The van der Waals surface area contributed by atoms with Gasteiger partial charge in [0.25, 0.3) is 0 Å². The van der Waals surface area contributed by atoms with E-state index >= 15 is 0 Å². The topological polar surface area (TPSA) is 50.4 Å². The van der Waals surface area contributed by atoms with Gasteiger partial charge in [0.05, 0.1) is 0 Å². The van der Waals surface area contributed by atoms with Crippen molar-refractivity contribution in [2.45, 2.75) is 59.1 Å². The van der Waals surface area contributed by atoms with Crippen LogP contribution in [0.5, 0.6) is 5.75 Å². The third-order valence-corrected chi connectivity index (χ3v) is 4.21. The van der Waals surface area contributed by atoms with Crippen LogP contribution in [0.4, 0.5) is 10.5 Å². The van der Waals surface area contributed by atoms with Crippen molar-refractivity contribution in [1.82, 2.24) is 5.32 Å². The number of carbonyl (C=O) groups excluding carboxylic acids is 1. The van der Waals surface area contributed by atoms with Crippen molar-refractivity contribution >= 4 is 11.7 Å². The molecule has 2 aromatic carbocycles. The van der Waals surface area contributed by atoms with Crippen LogP contribution in [0.2, 0.25) is 0 Å². The number of nitrogens with one attached hydrogen (secondary N) is 2. The van der Waals surface area contributed by atoms with Crippen molar-refractivity contribution in [3.8, 4) is 5.75 Å². The molecular weight excluding hydrogens is 324 g/mol. The second-order valence-corrected chi connectivity index (χ2v) is 6.85. The van der Waals surface area contributed by atoms with E-state index in [2.05, 4.69) is 43.5 Å². The van der Waals surface area contributed by atoms with E-state index in [9.17, 15) is 4.79 Å². The minimum absolute atomic E-state index is 0.277. The predicted octanol–water partition coefficient (Wildman–Crippen LogP) is 5.70. The van der Waals surface area contributed by atoms with Gasteiger partial charge in [0, 0.05) is 5.69 Å². The third-order valence-electron chi connectivity index (χ3n) is 4.21. The largest absolute Gasteiger partial charge is 0.471 e. The fraction of sp³-hybridized carbons (Fsp3) is 0.409. The van der Waals surface area contributed by atoms with Crippen LogP contribution in [0.3, 0.4) is 0 Å². The Morgan fingerprint density at radius 1 is 1.04 bits per heavy atom. The molecule has 0 radical (unpaired) electrons. The molecule has 0 saturated heterocycles. The van der Waals surface area contributed by atoms with Crippen LogP contribution in [-0.4, -0.2) is 12.3 Å². The molecule has 1 atom stereocenters. The number of ether oxygens (including phenoxy) is 1. The quantitative estimate of drug-likeness (QED) is 0.598. The maximum Gasteiger partial charge on any atom is 0.322 e. The summed E-state index contributed by atoms with van der Waals surface area (Å²) in [6.07, 6.45) is 3.00. The highest BCUT2D eigenvalue weighted by Gasteiger charge is 2.12. The predicted molar refractivity (Wildman–Crippen MR) is 108 cm³/mol. The first-order valence-electron chi connectivity index (χ1n) is 9.41. The summed E-state index contributed by atoms with van der Waals surface area (Å²) in [6.45, 7) is 8.25. The fourth-order valence-electron chi connectivity index (χ4n) is 2.77. The minimum Gasteiger partial charge on any atom is -0.471 e. The Bertz CT molecular complexity index is 696. The summed E-state index contributed by atoms with van der Waals surface area (Å²) in [4.78, 5) is 12.2. The number of urea groups is 1. The molecule has 2 rings (SSSR count). The zero-order chi connectivity index (χ0) is 18.9. The number of rotatable bonds is 8. The SMILES string of the molecule is CCCCc1ccc(NC(=O)NC(C)Oc2ccccc2C(C)C)cc1. The maximum absolute atomic E-state index is 12.2. The van der Waals surface area contributed by atoms with E-state index in [0.29, 0.717) is 5.92 Å². The fourth-order valence-corrected chi connectivity index (χ4v) is 2.77. The van der Waals surface area contributed by atoms with Gasteiger partial charge in [-0.3, -0.25) is 0 Å². The van der Waals surface area contributed by atoms with E-state index in [0.717, 1.165) is 23.4 Å². The van der Waals surface area contributed by atoms with Crippen LogP contribution in [0.1, 0.15) is 57.6 Å². The van der Waals surface area contributed by atoms with Crippen molar-refractivity contribution in [1.29, 1.82) is 0 Å². The summed E-state index contributed by atoms with van der Waals surface area (Å²) in [7, 11) is 0. The molecule has 4 nitrogen and oxygen atoms in total. The second kappa shape index (κ2) is 9.85. The van der Waals surface area contributed by atoms with Crippen molar-refractivity contribution < 1.29 is 9.53 Å². The molecule has 2 aromatic rings. The van der Waals surface area contributed by atoms with E-state index in [4.69, 9.17) is 4.74 Å². The minimum atomic E-state index is -0.432. The van der Waals surface area contributed by atoms with Crippen LogP contribution in [0.25, 0.3) is 0 Å². The summed E-state index contributed by atoms with van der Waals surface area (Å²) >= 11 is 0. The van der Waals surface area contributed by atoms with Crippen LogP contribution >= 0.6 is 0 Å². The lowest BCUT2D eigenvalue weighted by Gasteiger charge is -2.20. The lowest BCUT2D eigenvalue weighted by Crippen LogP contribution is -2.39. The van der Waals surface area contributed by atoms with Gasteiger partial charge in [-0.15, -0.1) is 0 Å². The number of aryl methyl sites for hydroxylation is 1. The molecule has 0 aliphatic carbocycles. The van der Waals surface area contributed by atoms with Crippen molar-refractivity contribution in [2.75, 3.05) is 5.32 Å². The van der Waals surface area contributed by atoms with Crippen LogP contribution in [-0.2, 0) is 6.42 Å². The number of para-hydroxylation sites is 1. The van der Waals surface area contributed by atoms with Gasteiger partial charge in [0.2, 0.25) is 0 Å². The third kappa shape index (κ3) is 6.10. The first-order chi connectivity index (χ1) is 12.5. The van der Waals surface area contributed by atoms with Crippen molar-refractivity contribution in [3.05, 3.63) is 59.7 Å². The van der Waals surface area contributed by atoms with Gasteiger partial charge in [-0.2, -0.15) is 0 Å². The summed E-state index contributed by atoms with van der Waals surface area (Å²) in [5.41, 5.74) is 3.20. The number of hydrogen-bond donors (Lipinski definition) is 2. The van der Waals surface area contributed by atoms with Gasteiger partial charge in [-0.05, 0) is 55.0 Å². The zero-order valence-corrected chi connectivity index (χ0v) is 16.2. The molecule has 0 aromatic heterocycles. The smallest absolute Gasteiger partial charge is 0.322 e. The Kier molecular flexibility index (Phi) is 7.52. The van der Waals surface area contributed by atoms with E-state index in [1.807, 2.05) is 43.3 Å². The van der Waals surface area contributed by atoms with Gasteiger partial charge in [-0.25, -0.2) is 4.79 Å². The molecule has 0 saturated carbocycles. The molecule has 1 unspecified atom stereocenters. The highest BCUT2D eigenvalue weighted by Crippen LogP contribution is 2.26. The summed E-state index contributed by atoms with van der Waals surface area (Å²) in [5, 5.41) is 5.67. The molecular formula is C22H30N2O2. The molecule has 140 valence electrons. The maximum atomic E-state index is 12.2. The molecule has 0 bridgehead atoms. The second-order valence-electron chi connectivity index (χ2n) is 6.85. The summed E-state index contributed by atoms with van der Waals surface area (Å²) in [6, 6.07) is 15.6. The Morgan fingerprint density at radius 3 is 2.38 bits per heavy atom. The van der Waals surface area contributed by atoms with Crippen molar-refractivity contribution in [2.24, 2.45) is 0 Å². The molecule has 0 aliphatic heterocycles. The van der Waals surface area contributed by atoms with Crippen LogP contribution in [0.15, 0.2) is 48.5 Å². The average Bonchev–Trinajstić information content (AvgIpc) is 2.61. The monoisotopic (exact) mass is 354 g/mol. The Morgan fingerprint density at radius 2 is 1.73 bits per heavy atom. The standard InChI is InChI=1S/C22H30N2O2/c1-5-6-9-18-12-14-19(15-13-18)24-22(25)23-17(4)26-21-11-8-7-10-20(21)16(2)3/h7-8,10-17H,5-6,9H2,1-4H3,(H2,23,24,25). The Labute approximate surface area is 157 Å². The molecule has 4 heteroatoms. The zero-order valence-electron chi connectivity index (χ0n) is 16.2. The molecule has 26 heavy (non-hydrogen) atoms. The number of carbonyl (C=O) groups is 1. The number of benzene rings is 2. The summed E-state index contributed by atoms with van der Waals surface area (Å²) in [5.74, 6) is 1.16. The van der Waals surface area contributed by atoms with Gasteiger partial charge in [-0.1, -0.05) is 57.5 Å². The van der Waals surface area contributed by atoms with Gasteiger partial charge >= 0.3 is 6.03 Å². The van der Waals surface area contributed by atoms with E-state index < -0.39 is 6.23 Å². The van der Waals surface area contributed by atoms with E-state index in [1.165, 1.54) is 18.4 Å². The lowest BCUT2D eigenvalue weighted by atomic mass is 10.0. The molecule has 2 N–H and O–H groups in total. The number of anilines is 1. The first kappa shape index (κ1) is 19.8. The highest BCUT2D eigenvalue weighted by molar-refractivity contribution is 5.89. The molecule has 0 heterocycles. The van der Waals surface area contributed by atoms with Crippen molar-refractivity contribution in [3.63, 3.8) is 0 Å². The normalized spacial score (nSPS) is 11.9. The van der Waals surface area contributed by atoms with Gasteiger partial charge in [0.15, 0.2) is 6.23 Å². The molecule has 0 spiro atoms. The van der Waals surface area contributed by atoms with Gasteiger partial charge < -0.3 is 15.4 Å². The molecule has 0 aliphatic rings. The Balaban J connectivity index is 1.87. The average molecular weight is 354 g/mol. The Hall–Kier alpha value is -2.49. The number of amides is 2. The summed E-state index contributed by atoms with van der Waals surface area (Å²) < 4.78 is 5.91. The number of hydrogen-bond acceptors (Lipinski definition) is 2. The van der Waals surface area contributed by atoms with Crippen LogP contribution < -0.4 is 15.4 Å². The lowest BCUT2D eigenvalue weighted by molar-refractivity contribution is 0.181. The molecule has 0 fully saturated rings. The molecule has 2 amide bonds. The van der Waals surface area contributed by atoms with Gasteiger partial charge in [0.1, 0.15) is 5.75 Å². The number of unbranched alkanes of at least 4 members (excludes halogenated alkanes) is 1. The van der Waals surface area contributed by atoms with Crippen LogP contribution in [0, 0.1) is 0 Å². The van der Waals surface area contributed by atoms with E-state index in [-0.39, 0.29) is 6.03 Å².